The van der Waals surface area contributed by atoms with Crippen molar-refractivity contribution in [3.63, 3.8) is 0 Å². The van der Waals surface area contributed by atoms with Gasteiger partial charge in [0.1, 0.15) is 0 Å². The summed E-state index contributed by atoms with van der Waals surface area (Å²) >= 11 is 0. The van der Waals surface area contributed by atoms with Crippen LogP contribution in [0.5, 0.6) is 23.0 Å². The third kappa shape index (κ3) is 5.13. The van der Waals surface area contributed by atoms with Gasteiger partial charge in [-0.15, -0.1) is 0 Å². The predicted octanol–water partition coefficient (Wildman–Crippen LogP) is 5.52. The average Bonchev–Trinajstić information content (AvgIpc) is 2.80. The van der Waals surface area contributed by atoms with Gasteiger partial charge in [0.25, 0.3) is 0 Å². The van der Waals surface area contributed by atoms with Crippen LogP contribution in [0, 0.1) is 0 Å². The lowest BCUT2D eigenvalue weighted by atomic mass is 9.76. The second-order valence-corrected chi connectivity index (χ2v) is 8.07. The summed E-state index contributed by atoms with van der Waals surface area (Å²) in [6.07, 6.45) is 0.371. The second kappa shape index (κ2) is 11.4. The highest BCUT2D eigenvalue weighted by Gasteiger charge is 2.31. The number of hydrogen-bond donors (Lipinski definition) is 2. The topological polar surface area (TPSA) is 77.4 Å². The summed E-state index contributed by atoms with van der Waals surface area (Å²) in [7, 11) is 6.47. The minimum absolute atomic E-state index is 0.0467. The predicted molar refractivity (Wildman–Crippen MR) is 126 cm³/mol. The van der Waals surface area contributed by atoms with E-state index in [0.29, 0.717) is 23.0 Å². The zero-order valence-corrected chi connectivity index (χ0v) is 20.6. The van der Waals surface area contributed by atoms with Gasteiger partial charge in [-0.25, -0.2) is 0 Å². The molecule has 0 saturated carbocycles. The molecule has 2 N–H and O–H groups in total. The highest BCUT2D eigenvalue weighted by Crippen LogP contribution is 2.50. The molecule has 0 radical (unpaired) electrons. The van der Waals surface area contributed by atoms with E-state index in [4.69, 9.17) is 18.9 Å². The molecule has 0 aliphatic carbocycles. The van der Waals surface area contributed by atoms with Crippen LogP contribution in [0.1, 0.15) is 86.8 Å². The Hall–Kier alpha value is -2.44. The molecular formula is C26H38O6. The summed E-state index contributed by atoms with van der Waals surface area (Å²) in [5.41, 5.74) is 3.49. The van der Waals surface area contributed by atoms with Crippen molar-refractivity contribution in [2.24, 2.45) is 0 Å². The Balaban J connectivity index is 2.79. The largest absolute Gasteiger partial charge is 0.493 e. The van der Waals surface area contributed by atoms with Crippen molar-refractivity contribution < 1.29 is 29.2 Å². The monoisotopic (exact) mass is 446 g/mol. The first-order valence-electron chi connectivity index (χ1n) is 11.1. The number of rotatable bonds is 11. The van der Waals surface area contributed by atoms with E-state index >= 15 is 0 Å². The molecule has 6 nitrogen and oxygen atoms in total. The number of methoxy groups -OCH3 is 4. The zero-order valence-electron chi connectivity index (χ0n) is 20.6. The van der Waals surface area contributed by atoms with Crippen LogP contribution in [-0.2, 0) is 0 Å². The lowest BCUT2D eigenvalue weighted by Crippen LogP contribution is -2.15. The first kappa shape index (κ1) is 25.8. The molecule has 0 amide bonds. The van der Waals surface area contributed by atoms with E-state index in [9.17, 15) is 10.2 Å². The average molecular weight is 447 g/mol. The molecule has 6 heteroatoms. The van der Waals surface area contributed by atoms with E-state index < -0.39 is 12.2 Å². The van der Waals surface area contributed by atoms with Crippen molar-refractivity contribution in [1.82, 2.24) is 0 Å². The Kier molecular flexibility index (Phi) is 9.22. The quantitative estimate of drug-likeness (QED) is 0.474. The minimum Gasteiger partial charge on any atom is -0.493 e. The molecule has 0 aromatic heterocycles. The molecule has 0 saturated heterocycles. The van der Waals surface area contributed by atoms with Gasteiger partial charge < -0.3 is 29.2 Å². The van der Waals surface area contributed by atoms with Gasteiger partial charge in [-0.1, -0.05) is 13.8 Å². The van der Waals surface area contributed by atoms with Crippen LogP contribution in [0.4, 0.5) is 0 Å². The van der Waals surface area contributed by atoms with Gasteiger partial charge in [0.15, 0.2) is 23.0 Å². The molecule has 2 aromatic carbocycles. The second-order valence-electron chi connectivity index (χ2n) is 8.07. The Labute approximate surface area is 192 Å². The summed E-state index contributed by atoms with van der Waals surface area (Å²) < 4.78 is 22.8. The zero-order chi connectivity index (χ0) is 24.0. The maximum absolute atomic E-state index is 10.3. The summed E-state index contributed by atoms with van der Waals surface area (Å²) in [4.78, 5) is 0. The van der Waals surface area contributed by atoms with Gasteiger partial charge in [-0.2, -0.15) is 0 Å². The number of hydrogen-bond acceptors (Lipinski definition) is 6. The van der Waals surface area contributed by atoms with Crippen molar-refractivity contribution in [3.8, 4) is 23.0 Å². The van der Waals surface area contributed by atoms with E-state index in [-0.39, 0.29) is 11.8 Å². The Morgan fingerprint density at radius 2 is 0.969 bits per heavy atom. The molecule has 0 bridgehead atoms. The minimum atomic E-state index is -0.640. The molecule has 0 heterocycles. The SMILES string of the molecule is CCC(c1cc([C@@H](C)O)cc(OC)c1OC)C(CC)c1cc([C@@H](C)O)cc(OC)c1OC. The molecule has 4 atom stereocenters. The maximum atomic E-state index is 10.3. The fraction of sp³-hybridized carbons (Fsp3) is 0.538. The van der Waals surface area contributed by atoms with Crippen molar-refractivity contribution in [2.45, 2.75) is 64.6 Å². The molecule has 0 fully saturated rings. The van der Waals surface area contributed by atoms with Crippen LogP contribution in [-0.4, -0.2) is 38.7 Å². The Morgan fingerprint density at radius 1 is 0.625 bits per heavy atom. The van der Waals surface area contributed by atoms with Crippen LogP contribution in [0.15, 0.2) is 24.3 Å². The molecule has 178 valence electrons. The summed E-state index contributed by atoms with van der Waals surface area (Å²) in [6.45, 7) is 7.75. The van der Waals surface area contributed by atoms with Crippen molar-refractivity contribution in [3.05, 3.63) is 46.5 Å². The van der Waals surface area contributed by atoms with Crippen LogP contribution >= 0.6 is 0 Å². The lowest BCUT2D eigenvalue weighted by Gasteiger charge is -2.31. The standard InChI is InChI=1S/C26H38O6/c1-9-19(21-11-17(15(3)27)13-23(29-5)25(21)31-7)20(10-2)22-12-18(16(4)28)14-24(30-6)26(22)32-8/h11-16,19-20,27-28H,9-10H2,1-8H3/t15-,16-,19?,20?/m1/s1. The molecule has 2 aromatic rings. The third-order valence-corrected chi connectivity index (χ3v) is 6.19. The molecule has 0 aliphatic rings. The highest BCUT2D eigenvalue weighted by atomic mass is 16.5. The molecule has 0 aliphatic heterocycles. The Bertz CT molecular complexity index is 817. The number of benzene rings is 2. The van der Waals surface area contributed by atoms with Crippen molar-refractivity contribution in [2.75, 3.05) is 28.4 Å². The fourth-order valence-corrected chi connectivity index (χ4v) is 4.51. The van der Waals surface area contributed by atoms with Gasteiger partial charge in [-0.3, -0.25) is 0 Å². The van der Waals surface area contributed by atoms with Gasteiger partial charge in [-0.05, 0) is 73.9 Å². The molecule has 0 spiro atoms. The van der Waals surface area contributed by atoms with Gasteiger partial charge in [0.05, 0.1) is 40.6 Å². The van der Waals surface area contributed by atoms with Crippen molar-refractivity contribution >= 4 is 0 Å². The van der Waals surface area contributed by atoms with E-state index in [1.807, 2.05) is 24.3 Å². The number of aliphatic hydroxyl groups excluding tert-OH is 2. The number of ether oxygens (including phenoxy) is 4. The Morgan fingerprint density at radius 3 is 1.19 bits per heavy atom. The summed E-state index contributed by atoms with van der Waals surface area (Å²) in [5.74, 6) is 2.61. The van der Waals surface area contributed by atoms with E-state index in [0.717, 1.165) is 35.1 Å². The van der Waals surface area contributed by atoms with E-state index in [2.05, 4.69) is 13.8 Å². The van der Waals surface area contributed by atoms with E-state index in [1.54, 1.807) is 42.3 Å². The van der Waals surface area contributed by atoms with Crippen LogP contribution < -0.4 is 18.9 Å². The molecule has 32 heavy (non-hydrogen) atoms. The van der Waals surface area contributed by atoms with E-state index in [1.165, 1.54) is 0 Å². The first-order chi connectivity index (χ1) is 15.3. The smallest absolute Gasteiger partial charge is 0.164 e. The van der Waals surface area contributed by atoms with Gasteiger partial charge >= 0.3 is 0 Å². The van der Waals surface area contributed by atoms with Gasteiger partial charge in [0.2, 0.25) is 0 Å². The van der Waals surface area contributed by atoms with Crippen LogP contribution in [0.2, 0.25) is 0 Å². The van der Waals surface area contributed by atoms with Crippen LogP contribution in [0.3, 0.4) is 0 Å². The summed E-state index contributed by atoms with van der Waals surface area (Å²) in [6, 6.07) is 7.65. The van der Waals surface area contributed by atoms with Crippen LogP contribution in [0.25, 0.3) is 0 Å². The first-order valence-corrected chi connectivity index (χ1v) is 11.1. The molecule has 2 rings (SSSR count). The molecular weight excluding hydrogens is 408 g/mol. The summed E-state index contributed by atoms with van der Waals surface area (Å²) in [5, 5.41) is 20.6. The van der Waals surface area contributed by atoms with Gasteiger partial charge in [0, 0.05) is 11.1 Å². The lowest BCUT2D eigenvalue weighted by molar-refractivity contribution is 0.197. The highest BCUT2D eigenvalue weighted by molar-refractivity contribution is 5.55. The third-order valence-electron chi connectivity index (χ3n) is 6.19. The van der Waals surface area contributed by atoms with Crippen molar-refractivity contribution in [1.29, 1.82) is 0 Å². The normalized spacial score (nSPS) is 14.9. The fourth-order valence-electron chi connectivity index (χ4n) is 4.51. The maximum Gasteiger partial charge on any atom is 0.164 e. The number of aliphatic hydroxyl groups is 2. The molecule has 2 unspecified atom stereocenters.